The van der Waals surface area contributed by atoms with Gasteiger partial charge in [0.1, 0.15) is 11.9 Å². The van der Waals surface area contributed by atoms with Crippen LogP contribution < -0.4 is 0 Å². The second kappa shape index (κ2) is 8.79. The van der Waals surface area contributed by atoms with E-state index in [0.717, 1.165) is 0 Å². The van der Waals surface area contributed by atoms with E-state index >= 15 is 0 Å². The molecule has 0 N–H and O–H groups in total. The minimum Gasteiger partial charge on any atom is -0.384 e. The van der Waals surface area contributed by atoms with Gasteiger partial charge in [0, 0.05) is 41.3 Å². The lowest BCUT2D eigenvalue weighted by molar-refractivity contribution is -0.176. The van der Waals surface area contributed by atoms with Gasteiger partial charge in [0.25, 0.3) is 0 Å². The highest BCUT2D eigenvalue weighted by molar-refractivity contribution is 5.79. The molecule has 0 saturated heterocycles. The van der Waals surface area contributed by atoms with E-state index in [-0.39, 0.29) is 18.3 Å². The van der Waals surface area contributed by atoms with Gasteiger partial charge in [-0.3, -0.25) is 4.79 Å². The van der Waals surface area contributed by atoms with Crippen LogP contribution in [0.5, 0.6) is 0 Å². The van der Waals surface area contributed by atoms with Crippen molar-refractivity contribution in [2.45, 2.75) is 25.2 Å². The summed E-state index contributed by atoms with van der Waals surface area (Å²) in [5, 5.41) is 0. The van der Waals surface area contributed by atoms with Crippen molar-refractivity contribution in [3.8, 4) is 0 Å². The Morgan fingerprint density at radius 1 is 1.07 bits per heavy atom. The maximum Gasteiger partial charge on any atom is 0.183 e. The summed E-state index contributed by atoms with van der Waals surface area (Å²) >= 11 is 0. The van der Waals surface area contributed by atoms with Crippen molar-refractivity contribution in [2.24, 2.45) is 0 Å². The zero-order chi connectivity index (χ0) is 11.7. The molecule has 0 heterocycles. The van der Waals surface area contributed by atoms with E-state index < -0.39 is 6.29 Å². The van der Waals surface area contributed by atoms with Gasteiger partial charge in [-0.15, -0.1) is 0 Å². The summed E-state index contributed by atoms with van der Waals surface area (Å²) in [6.07, 6.45) is -0.228. The zero-order valence-corrected chi connectivity index (χ0v) is 9.82. The lowest BCUT2D eigenvalue weighted by Crippen LogP contribution is -2.33. The Labute approximate surface area is 90.6 Å². The summed E-state index contributed by atoms with van der Waals surface area (Å²) in [5.41, 5.74) is 0. The van der Waals surface area contributed by atoms with Crippen molar-refractivity contribution in [2.75, 3.05) is 35.0 Å². The molecule has 0 aromatic carbocycles. The van der Waals surface area contributed by atoms with Crippen LogP contribution in [0, 0.1) is 0 Å². The molecule has 0 aliphatic rings. The van der Waals surface area contributed by atoms with E-state index in [0.29, 0.717) is 13.0 Å². The van der Waals surface area contributed by atoms with Crippen LogP contribution in [0.1, 0.15) is 12.8 Å². The van der Waals surface area contributed by atoms with E-state index in [1.54, 1.807) is 7.11 Å². The predicted molar refractivity (Wildman–Crippen MR) is 54.7 cm³/mol. The fourth-order valence-electron chi connectivity index (χ4n) is 1.23. The molecule has 0 amide bonds. The lowest BCUT2D eigenvalue weighted by Gasteiger charge is -2.22. The average Bonchev–Trinajstić information content (AvgIpc) is 2.26. The number of Topliss-reactive ketones (excluding diaryl/α,β-unsaturated/α-hetero) is 1. The number of methoxy groups -OCH3 is 4. The molecule has 0 bridgehead atoms. The summed E-state index contributed by atoms with van der Waals surface area (Å²) in [6.45, 7) is 0.430. The topological polar surface area (TPSA) is 54.0 Å². The molecule has 90 valence electrons. The fourth-order valence-corrected chi connectivity index (χ4v) is 1.23. The van der Waals surface area contributed by atoms with Gasteiger partial charge >= 0.3 is 0 Å². The molecule has 0 saturated carbocycles. The molecule has 0 fully saturated rings. The molecule has 1 unspecified atom stereocenters. The van der Waals surface area contributed by atoms with Gasteiger partial charge in [-0.25, -0.2) is 0 Å². The Kier molecular flexibility index (Phi) is 8.50. The van der Waals surface area contributed by atoms with Crippen LogP contribution in [0.2, 0.25) is 0 Å². The summed E-state index contributed by atoms with van der Waals surface area (Å²) in [4.78, 5) is 11.4. The van der Waals surface area contributed by atoms with Crippen LogP contribution >= 0.6 is 0 Å². The van der Waals surface area contributed by atoms with E-state index in [9.17, 15) is 4.79 Å². The zero-order valence-electron chi connectivity index (χ0n) is 9.82. The van der Waals surface area contributed by atoms with Gasteiger partial charge in [0.15, 0.2) is 6.29 Å². The summed E-state index contributed by atoms with van der Waals surface area (Å²) in [5.74, 6) is 0.0720. The summed E-state index contributed by atoms with van der Waals surface area (Å²) in [6, 6.07) is 0. The van der Waals surface area contributed by atoms with Crippen molar-refractivity contribution in [1.82, 2.24) is 0 Å². The third kappa shape index (κ3) is 5.84. The number of rotatable bonds is 9. The molecule has 0 spiro atoms. The number of carbonyl (C=O) groups is 1. The van der Waals surface area contributed by atoms with Crippen LogP contribution in [0.3, 0.4) is 0 Å². The number of hydrogen-bond donors (Lipinski definition) is 0. The first kappa shape index (κ1) is 14.5. The third-order valence-corrected chi connectivity index (χ3v) is 2.08. The largest absolute Gasteiger partial charge is 0.384 e. The first-order valence-corrected chi connectivity index (χ1v) is 4.78. The molecule has 0 aromatic heterocycles. The van der Waals surface area contributed by atoms with Crippen molar-refractivity contribution < 1.29 is 23.7 Å². The van der Waals surface area contributed by atoms with Crippen molar-refractivity contribution in [3.63, 3.8) is 0 Å². The molecule has 5 heteroatoms. The van der Waals surface area contributed by atoms with E-state index in [4.69, 9.17) is 18.9 Å². The van der Waals surface area contributed by atoms with Crippen molar-refractivity contribution in [3.05, 3.63) is 0 Å². The van der Waals surface area contributed by atoms with Gasteiger partial charge in [-0.2, -0.15) is 0 Å². The molecular weight excluding hydrogens is 200 g/mol. The minimum atomic E-state index is -0.513. The Balaban J connectivity index is 4.01. The second-order valence-electron chi connectivity index (χ2n) is 3.10. The van der Waals surface area contributed by atoms with Gasteiger partial charge in [-0.05, 0) is 0 Å². The molecule has 0 aromatic rings. The normalized spacial score (nSPS) is 13.1. The highest BCUT2D eigenvalue weighted by Gasteiger charge is 2.23. The molecule has 0 rings (SSSR count). The summed E-state index contributed by atoms with van der Waals surface area (Å²) < 4.78 is 20.0. The summed E-state index contributed by atoms with van der Waals surface area (Å²) in [7, 11) is 6.12. The number of ketones is 1. The molecule has 0 aliphatic carbocycles. The van der Waals surface area contributed by atoms with Crippen molar-refractivity contribution in [1.29, 1.82) is 0 Å². The lowest BCUT2D eigenvalue weighted by atomic mass is 10.1. The van der Waals surface area contributed by atoms with Crippen LogP contribution in [-0.4, -0.2) is 53.2 Å². The van der Waals surface area contributed by atoms with Crippen LogP contribution in [0.4, 0.5) is 0 Å². The molecule has 0 radical (unpaired) electrons. The highest BCUT2D eigenvalue weighted by atomic mass is 16.7. The standard InChI is InChI=1S/C10H20O5/c1-12-6-5-8(11)7-9(13-2)10(14-3)15-4/h9-10H,5-7H2,1-4H3. The maximum absolute atomic E-state index is 11.4. The number of hydrogen-bond acceptors (Lipinski definition) is 5. The van der Waals surface area contributed by atoms with Gasteiger partial charge < -0.3 is 18.9 Å². The number of carbonyl (C=O) groups excluding carboxylic acids is 1. The highest BCUT2D eigenvalue weighted by Crippen LogP contribution is 2.09. The average molecular weight is 220 g/mol. The maximum atomic E-state index is 11.4. The van der Waals surface area contributed by atoms with Crippen LogP contribution in [-0.2, 0) is 23.7 Å². The van der Waals surface area contributed by atoms with E-state index in [1.165, 1.54) is 21.3 Å². The van der Waals surface area contributed by atoms with E-state index in [2.05, 4.69) is 0 Å². The second-order valence-corrected chi connectivity index (χ2v) is 3.10. The quantitative estimate of drug-likeness (QED) is 0.533. The predicted octanol–water partition coefficient (Wildman–Crippen LogP) is 0.616. The molecule has 5 nitrogen and oxygen atoms in total. The molecule has 15 heavy (non-hydrogen) atoms. The molecule has 0 aliphatic heterocycles. The van der Waals surface area contributed by atoms with Gasteiger partial charge in [0.2, 0.25) is 0 Å². The van der Waals surface area contributed by atoms with Gasteiger partial charge in [0.05, 0.1) is 6.61 Å². The third-order valence-electron chi connectivity index (χ3n) is 2.08. The molecular formula is C10H20O5. The minimum absolute atomic E-state index is 0.0720. The Morgan fingerprint density at radius 3 is 2.07 bits per heavy atom. The molecule has 1 atom stereocenters. The van der Waals surface area contributed by atoms with Crippen LogP contribution in [0.25, 0.3) is 0 Å². The Morgan fingerprint density at radius 2 is 1.67 bits per heavy atom. The Hall–Kier alpha value is -0.490. The van der Waals surface area contributed by atoms with Crippen molar-refractivity contribution >= 4 is 5.78 Å². The van der Waals surface area contributed by atoms with Gasteiger partial charge in [-0.1, -0.05) is 0 Å². The van der Waals surface area contributed by atoms with Crippen LogP contribution in [0.15, 0.2) is 0 Å². The Bertz CT molecular complexity index is 167. The first-order chi connectivity index (χ1) is 7.19. The van der Waals surface area contributed by atoms with E-state index in [1.807, 2.05) is 0 Å². The fraction of sp³-hybridized carbons (Fsp3) is 0.900. The smallest absolute Gasteiger partial charge is 0.183 e. The monoisotopic (exact) mass is 220 g/mol. The number of ether oxygens (including phenoxy) is 4. The SMILES string of the molecule is COCCC(=O)CC(OC)C(OC)OC. The first-order valence-electron chi connectivity index (χ1n) is 4.78.